The topological polar surface area (TPSA) is 49.3 Å². The number of aliphatic hydroxyl groups excluding tert-OH is 1. The van der Waals surface area contributed by atoms with Gasteiger partial charge in [-0.1, -0.05) is 30.3 Å². The van der Waals surface area contributed by atoms with Crippen LogP contribution in [0.4, 0.5) is 0 Å². The number of hydrogen-bond acceptors (Lipinski definition) is 4. The van der Waals surface area contributed by atoms with Crippen molar-refractivity contribution in [3.8, 4) is 0 Å². The van der Waals surface area contributed by atoms with Crippen LogP contribution in [0.1, 0.15) is 34.8 Å². The lowest BCUT2D eigenvalue weighted by Gasteiger charge is -2.17. The number of aldehydes is 1. The molecule has 118 valence electrons. The van der Waals surface area contributed by atoms with E-state index < -0.39 is 6.10 Å². The van der Waals surface area contributed by atoms with Crippen LogP contribution in [0.2, 0.25) is 0 Å². The van der Waals surface area contributed by atoms with Crippen molar-refractivity contribution in [1.29, 1.82) is 0 Å². The second-order valence-electron chi connectivity index (χ2n) is 5.51. The van der Waals surface area contributed by atoms with Crippen LogP contribution in [0, 0.1) is 0 Å². The molecule has 0 fully saturated rings. The maximum absolute atomic E-state index is 10.5. The monoisotopic (exact) mass is 317 g/mol. The van der Waals surface area contributed by atoms with Crippen molar-refractivity contribution in [2.24, 2.45) is 0 Å². The van der Waals surface area contributed by atoms with Crippen LogP contribution in [-0.2, 0) is 17.6 Å². The van der Waals surface area contributed by atoms with Crippen LogP contribution >= 0.6 is 11.3 Å². The molecule has 3 nitrogen and oxygen atoms in total. The smallest absolute Gasteiger partial charge is 0.125 e. The summed E-state index contributed by atoms with van der Waals surface area (Å²) in [5.74, 6) is 0. The normalized spacial score (nSPS) is 13.7. The first-order chi connectivity index (χ1) is 10.7. The highest BCUT2D eigenvalue weighted by atomic mass is 32.1. The van der Waals surface area contributed by atoms with Crippen LogP contribution in [0.5, 0.6) is 0 Å². The van der Waals surface area contributed by atoms with E-state index in [2.05, 4.69) is 18.3 Å². The predicted molar refractivity (Wildman–Crippen MR) is 91.3 cm³/mol. The second-order valence-corrected chi connectivity index (χ2v) is 6.77. The Morgan fingerprint density at radius 1 is 1.18 bits per heavy atom. The van der Waals surface area contributed by atoms with Crippen molar-refractivity contribution in [2.45, 2.75) is 38.3 Å². The highest BCUT2D eigenvalue weighted by Crippen LogP contribution is 2.19. The van der Waals surface area contributed by atoms with Crippen LogP contribution in [-0.4, -0.2) is 24.0 Å². The molecule has 0 aliphatic heterocycles. The Hall–Kier alpha value is -1.49. The second kappa shape index (κ2) is 8.83. The number of thiophene rings is 1. The lowest BCUT2D eigenvalue weighted by molar-refractivity contribution is -0.107. The van der Waals surface area contributed by atoms with Gasteiger partial charge in [0, 0.05) is 28.8 Å². The van der Waals surface area contributed by atoms with E-state index >= 15 is 0 Å². The molecule has 22 heavy (non-hydrogen) atoms. The third-order valence-electron chi connectivity index (χ3n) is 3.67. The number of carbonyl (C=O) groups excluding carboxylic acids is 1. The molecule has 0 bridgehead atoms. The van der Waals surface area contributed by atoms with Crippen molar-refractivity contribution in [3.05, 3.63) is 57.8 Å². The molecular weight excluding hydrogens is 294 g/mol. The first kappa shape index (κ1) is 16.9. The zero-order valence-corrected chi connectivity index (χ0v) is 13.7. The summed E-state index contributed by atoms with van der Waals surface area (Å²) in [6, 6.07) is 14.2. The fourth-order valence-corrected chi connectivity index (χ4v) is 3.30. The quantitative estimate of drug-likeness (QED) is 0.699. The Labute approximate surface area is 136 Å². The molecule has 0 spiro atoms. The minimum absolute atomic E-state index is 0.343. The molecule has 2 rings (SSSR count). The molecule has 0 saturated carbocycles. The average Bonchev–Trinajstić information content (AvgIpc) is 2.99. The molecule has 0 radical (unpaired) electrons. The Kier molecular flexibility index (Phi) is 6.77. The number of nitrogens with one attached hydrogen (secondary N) is 1. The minimum Gasteiger partial charge on any atom is -0.387 e. The van der Waals surface area contributed by atoms with Crippen LogP contribution in [0.15, 0.2) is 42.5 Å². The predicted octanol–water partition coefficient (Wildman–Crippen LogP) is 3.13. The first-order valence-electron chi connectivity index (χ1n) is 7.66. The number of aliphatic hydroxyl groups is 1. The fourth-order valence-electron chi connectivity index (χ4n) is 2.32. The highest BCUT2D eigenvalue weighted by molar-refractivity contribution is 7.12. The standard InChI is InChI=1S/C18H23NO2S/c1-14(7-8-16-9-10-17(22-16)11-12-20)19-13-18(21)15-5-3-2-4-6-15/h2-6,9-10,12,14,18-19,21H,7-8,11,13H2,1H3/t14-,18+/m0/s1. The van der Waals surface area contributed by atoms with E-state index in [1.807, 2.05) is 36.4 Å². The molecule has 0 aliphatic rings. The van der Waals surface area contributed by atoms with Gasteiger partial charge in [0.1, 0.15) is 6.29 Å². The van der Waals surface area contributed by atoms with E-state index in [4.69, 9.17) is 0 Å². The SMILES string of the molecule is C[C@@H](CCc1ccc(CC=O)s1)NC[C@@H](O)c1ccccc1. The van der Waals surface area contributed by atoms with E-state index in [9.17, 15) is 9.90 Å². The van der Waals surface area contributed by atoms with Crippen molar-refractivity contribution in [3.63, 3.8) is 0 Å². The van der Waals surface area contributed by atoms with Gasteiger partial charge in [-0.2, -0.15) is 0 Å². The highest BCUT2D eigenvalue weighted by Gasteiger charge is 2.09. The van der Waals surface area contributed by atoms with Gasteiger partial charge < -0.3 is 15.2 Å². The molecule has 1 aromatic heterocycles. The summed E-state index contributed by atoms with van der Waals surface area (Å²) in [6.45, 7) is 2.70. The lowest BCUT2D eigenvalue weighted by Crippen LogP contribution is -2.30. The number of rotatable bonds is 9. The maximum Gasteiger partial charge on any atom is 0.125 e. The fraction of sp³-hybridized carbons (Fsp3) is 0.389. The Morgan fingerprint density at radius 2 is 1.91 bits per heavy atom. The number of hydrogen-bond donors (Lipinski definition) is 2. The summed E-state index contributed by atoms with van der Waals surface area (Å²) < 4.78 is 0. The molecule has 1 heterocycles. The zero-order chi connectivity index (χ0) is 15.8. The van der Waals surface area contributed by atoms with Gasteiger partial charge in [0.05, 0.1) is 6.10 Å². The summed E-state index contributed by atoms with van der Waals surface area (Å²) in [5.41, 5.74) is 0.943. The van der Waals surface area contributed by atoms with Crippen molar-refractivity contribution >= 4 is 17.6 Å². The molecule has 4 heteroatoms. The molecule has 0 amide bonds. The summed E-state index contributed by atoms with van der Waals surface area (Å²) in [7, 11) is 0. The van der Waals surface area contributed by atoms with Crippen molar-refractivity contribution in [2.75, 3.05) is 6.54 Å². The molecule has 0 aliphatic carbocycles. The summed E-state index contributed by atoms with van der Waals surface area (Å²) in [5, 5.41) is 13.5. The van der Waals surface area contributed by atoms with Gasteiger partial charge in [-0.05, 0) is 37.5 Å². The van der Waals surface area contributed by atoms with Gasteiger partial charge in [-0.25, -0.2) is 0 Å². The first-order valence-corrected chi connectivity index (χ1v) is 8.48. The van der Waals surface area contributed by atoms with Crippen LogP contribution < -0.4 is 5.32 Å². The van der Waals surface area contributed by atoms with Crippen molar-refractivity contribution < 1.29 is 9.90 Å². The molecule has 2 atom stereocenters. The summed E-state index contributed by atoms with van der Waals surface area (Å²) in [6.07, 6.45) is 3.01. The van der Waals surface area contributed by atoms with Gasteiger partial charge in [0.15, 0.2) is 0 Å². The van der Waals surface area contributed by atoms with E-state index in [0.29, 0.717) is 19.0 Å². The zero-order valence-electron chi connectivity index (χ0n) is 12.9. The average molecular weight is 317 g/mol. The molecular formula is C18H23NO2S. The Bertz CT molecular complexity index is 567. The van der Waals surface area contributed by atoms with Gasteiger partial charge in [-0.15, -0.1) is 11.3 Å². The van der Waals surface area contributed by atoms with Gasteiger partial charge in [0.2, 0.25) is 0 Å². The third-order valence-corrected chi connectivity index (χ3v) is 4.84. The molecule has 1 aromatic carbocycles. The lowest BCUT2D eigenvalue weighted by atomic mass is 10.1. The molecule has 2 aromatic rings. The molecule has 0 unspecified atom stereocenters. The summed E-state index contributed by atoms with van der Waals surface area (Å²) in [4.78, 5) is 12.9. The largest absolute Gasteiger partial charge is 0.387 e. The van der Waals surface area contributed by atoms with Gasteiger partial charge >= 0.3 is 0 Å². The minimum atomic E-state index is -0.468. The number of carbonyl (C=O) groups is 1. The van der Waals surface area contributed by atoms with E-state index in [1.54, 1.807) is 11.3 Å². The van der Waals surface area contributed by atoms with Gasteiger partial charge in [-0.3, -0.25) is 0 Å². The van der Waals surface area contributed by atoms with E-state index in [-0.39, 0.29) is 0 Å². The summed E-state index contributed by atoms with van der Waals surface area (Å²) >= 11 is 1.71. The van der Waals surface area contributed by atoms with Crippen LogP contribution in [0.3, 0.4) is 0 Å². The van der Waals surface area contributed by atoms with E-state index in [1.165, 1.54) is 4.88 Å². The molecule has 2 N–H and O–H groups in total. The van der Waals surface area contributed by atoms with E-state index in [0.717, 1.165) is 29.6 Å². The third kappa shape index (κ3) is 5.37. The van der Waals surface area contributed by atoms with Gasteiger partial charge in [0.25, 0.3) is 0 Å². The number of aryl methyl sites for hydroxylation is 1. The van der Waals surface area contributed by atoms with Crippen molar-refractivity contribution in [1.82, 2.24) is 5.32 Å². The Morgan fingerprint density at radius 3 is 2.64 bits per heavy atom. The molecule has 0 saturated heterocycles. The number of benzene rings is 1. The Balaban J connectivity index is 1.71. The maximum atomic E-state index is 10.5. The van der Waals surface area contributed by atoms with Crippen LogP contribution in [0.25, 0.3) is 0 Å².